The second kappa shape index (κ2) is 57.2. The maximum atomic E-state index is 6.18. The molecule has 17 heteroatoms. The van der Waals surface area contributed by atoms with Crippen LogP contribution in [0, 0.1) is 116 Å². The molecule has 0 radical (unpaired) electrons. The molecule has 9 aliphatic heterocycles. The summed E-state index contributed by atoms with van der Waals surface area (Å²) >= 11 is 0. The van der Waals surface area contributed by atoms with Crippen LogP contribution in [0.3, 0.4) is 0 Å². The number of hydrogen-bond acceptors (Lipinski definition) is 17. The highest BCUT2D eigenvalue weighted by atomic mass is 16.6. The van der Waals surface area contributed by atoms with Gasteiger partial charge < -0.3 is 80.5 Å². The second-order valence-corrected chi connectivity index (χ2v) is 52.7. The summed E-state index contributed by atoms with van der Waals surface area (Å²) in [6.45, 7) is 42.3. The highest BCUT2D eigenvalue weighted by Crippen LogP contribution is 2.53. The van der Waals surface area contributed by atoms with Gasteiger partial charge in [-0.1, -0.05) is 195 Å². The number of aryl methyl sites for hydroxylation is 1. The first kappa shape index (κ1) is 113. The van der Waals surface area contributed by atoms with E-state index in [1.807, 2.05) is 0 Å². The summed E-state index contributed by atoms with van der Waals surface area (Å²) < 4.78 is 96.5. The van der Waals surface area contributed by atoms with Crippen molar-refractivity contribution >= 4 is 0 Å². The van der Waals surface area contributed by atoms with Gasteiger partial charge in [0.1, 0.15) is 5.75 Å². The van der Waals surface area contributed by atoms with Gasteiger partial charge in [-0.2, -0.15) is 0 Å². The Morgan fingerprint density at radius 1 is 0.357 bits per heavy atom. The van der Waals surface area contributed by atoms with E-state index in [1.54, 1.807) is 0 Å². The first-order valence-electron chi connectivity index (χ1n) is 61.1. The molecule has 23 aliphatic rings. The Kier molecular flexibility index (Phi) is 45.2. The van der Waals surface area contributed by atoms with Crippen LogP contribution in [-0.2, 0) is 82.2 Å². The quantitative estimate of drug-likeness (QED) is 0.0347. The minimum Gasteiger partial charge on any atom is -0.493 e. The molecule has 29 atom stereocenters. The third-order valence-corrected chi connectivity index (χ3v) is 38.3. The smallest absolute Gasteiger partial charge is 0.119 e. The number of allylic oxidation sites excluding steroid dienone is 6. The molecular weight excluding hydrogens is 1790 g/mol. The first-order chi connectivity index (χ1) is 69.6. The van der Waals surface area contributed by atoms with Crippen LogP contribution in [0.25, 0.3) is 0 Å². The zero-order chi connectivity index (χ0) is 99.4. The van der Waals surface area contributed by atoms with E-state index in [-0.39, 0.29) is 0 Å². The fraction of sp³-hybridized carbons (Fsp3) is 0.905. The average molecular weight is 2000 g/mol. The normalized spacial score (nSPS) is 38.1. The maximum Gasteiger partial charge on any atom is 0.119 e. The number of rotatable bonds is 38. The van der Waals surface area contributed by atoms with E-state index in [1.165, 1.54) is 314 Å². The summed E-state index contributed by atoms with van der Waals surface area (Å²) in [5, 5.41) is 0. The highest BCUT2D eigenvalue weighted by molar-refractivity contribution is 5.27. The van der Waals surface area contributed by atoms with Crippen molar-refractivity contribution in [2.24, 2.45) is 116 Å². The molecule has 11 saturated carbocycles. The van der Waals surface area contributed by atoms with Gasteiger partial charge in [-0.25, -0.2) is 0 Å². The predicted molar refractivity (Wildman–Crippen MR) is 574 cm³/mol. The fourth-order valence-corrected chi connectivity index (χ4v) is 27.9. The molecule has 0 amide bonds. The number of ether oxygens (including phenoxy) is 17. The van der Waals surface area contributed by atoms with E-state index in [4.69, 9.17) is 80.5 Å². The van der Waals surface area contributed by atoms with E-state index in [2.05, 4.69) is 144 Å². The molecule has 9 heterocycles. The van der Waals surface area contributed by atoms with Crippen molar-refractivity contribution in [2.45, 2.75) is 495 Å². The molecule has 29 unspecified atom stereocenters. The van der Waals surface area contributed by atoms with Crippen molar-refractivity contribution in [1.29, 1.82) is 0 Å². The Bertz CT molecular complexity index is 3780. The lowest BCUT2D eigenvalue weighted by atomic mass is 9.66. The molecule has 0 N–H and O–H groups in total. The molecule has 9 saturated heterocycles. The Morgan fingerprint density at radius 2 is 0.853 bits per heavy atom. The average Bonchev–Trinajstić information content (AvgIpc) is 1.75. The molecule has 17 nitrogen and oxygen atoms in total. The predicted octanol–water partition coefficient (Wildman–Crippen LogP) is 28.4. The standard InChI is InChI=1S/C22H34O2.C17H28O2.C15H24O2.C14H22O2.C14H24O.C13H22O2.C11H20O2.2C10H18O2/c1-2-3-4-5-6-7-8-9-18-10-13-20(14-11-18)23-17-19-12-15-21-22(16-19)24-21;1-17(2)12-19-16(17)11-18-9-8-13-6-7-14-4-3-5-15(14)10-13;1-2-15(9-16-10-15)11-17-14-7-6-12-4-3-5-13(12)8-14;1-14(8-15-9-14)10-16-13-6-5-11-3-2-4-12(11)7-13;1-14(2)9-15-13(14)12-7-6-10-4-3-5-11(10)8-12;1-2-4-11(5-3-1)14-9-10-6-7-12-13(8-10)15-12;1-8(2)6-12-7-9-3-4-10-11(5-9)13-10;1-7(2)11-6-8-3-4-9-10(5-8)12-9;1-2-5-11-7-8-3-4-9-10(6-8)12-9/h10-11,13-14,19,21-22H,2-9,12,15-17H2,1H3;3-4,13-16H,5-12H2,1-2H3;3-4,12-14H,2,5-11H2,1H3;2-3,11-13H,4-10H2,1H3;10-13H,3-9H2,1-2H3;10-13H,1-9H2;8-11H,3-7H2,1-2H3;7-10H,3-6H2,1-2H3;8-10H,2-7H2,1H3. The van der Waals surface area contributed by atoms with Crippen LogP contribution in [0.15, 0.2) is 60.7 Å². The van der Waals surface area contributed by atoms with Crippen LogP contribution in [0.1, 0.15) is 397 Å². The van der Waals surface area contributed by atoms with Gasteiger partial charge in [0, 0.05) is 67.9 Å². The summed E-state index contributed by atoms with van der Waals surface area (Å²) in [5.41, 5.74) is 2.90. The topological polar surface area (TPSA) is 173 Å². The molecule has 20 fully saturated rings. The van der Waals surface area contributed by atoms with Crippen LogP contribution >= 0.6 is 0 Å². The number of epoxide rings is 5. The van der Waals surface area contributed by atoms with E-state index in [0.29, 0.717) is 131 Å². The van der Waals surface area contributed by atoms with Crippen molar-refractivity contribution in [1.82, 2.24) is 0 Å². The van der Waals surface area contributed by atoms with Gasteiger partial charge in [0.2, 0.25) is 0 Å². The Morgan fingerprint density at radius 3 is 1.34 bits per heavy atom. The summed E-state index contributed by atoms with van der Waals surface area (Å²) in [6, 6.07) is 8.78. The highest BCUT2D eigenvalue weighted by Gasteiger charge is 2.52. The van der Waals surface area contributed by atoms with Crippen LogP contribution in [0.2, 0.25) is 0 Å². The third-order valence-electron chi connectivity index (χ3n) is 38.3. The van der Waals surface area contributed by atoms with E-state index in [0.717, 1.165) is 207 Å². The van der Waals surface area contributed by atoms with Crippen LogP contribution in [0.5, 0.6) is 5.75 Å². The zero-order valence-corrected chi connectivity index (χ0v) is 92.9. The zero-order valence-electron chi connectivity index (χ0n) is 92.9. The lowest BCUT2D eigenvalue weighted by Gasteiger charge is -2.50. The largest absolute Gasteiger partial charge is 0.493 e. The fourth-order valence-electron chi connectivity index (χ4n) is 27.9. The van der Waals surface area contributed by atoms with Crippen LogP contribution < -0.4 is 4.74 Å². The molecular formula is C126H210O17. The molecule has 816 valence electrons. The molecule has 0 aromatic heterocycles. The minimum absolute atomic E-state index is 0.310. The summed E-state index contributed by atoms with van der Waals surface area (Å²) in [7, 11) is 0. The maximum absolute atomic E-state index is 6.18. The Balaban J connectivity index is 0.000000116. The number of hydrogen-bond donors (Lipinski definition) is 0. The van der Waals surface area contributed by atoms with Crippen LogP contribution in [0.4, 0.5) is 0 Å². The molecule has 24 rings (SSSR count). The van der Waals surface area contributed by atoms with Crippen molar-refractivity contribution in [3.63, 3.8) is 0 Å². The van der Waals surface area contributed by atoms with Gasteiger partial charge in [-0.15, -0.1) is 0 Å². The molecule has 0 bridgehead atoms. The van der Waals surface area contributed by atoms with Crippen molar-refractivity contribution in [3.8, 4) is 5.75 Å². The lowest BCUT2D eigenvalue weighted by Crippen LogP contribution is -2.53. The van der Waals surface area contributed by atoms with E-state index in [9.17, 15) is 0 Å². The minimum atomic E-state index is 0.310. The number of benzene rings is 1. The first-order valence-corrected chi connectivity index (χ1v) is 61.1. The number of fused-ring (bicyclic) bond motifs is 9. The van der Waals surface area contributed by atoms with Crippen molar-refractivity contribution < 1.29 is 80.5 Å². The molecule has 1 aromatic carbocycles. The van der Waals surface area contributed by atoms with Crippen LogP contribution in [-0.4, -0.2) is 210 Å². The van der Waals surface area contributed by atoms with Gasteiger partial charge in [0.05, 0.1) is 164 Å². The summed E-state index contributed by atoms with van der Waals surface area (Å²) in [6.07, 6.45) is 88.3. The monoisotopic (exact) mass is 2000 g/mol. The van der Waals surface area contributed by atoms with Crippen molar-refractivity contribution in [3.05, 3.63) is 66.3 Å². The summed E-state index contributed by atoms with van der Waals surface area (Å²) in [4.78, 5) is 0. The second-order valence-electron chi connectivity index (χ2n) is 52.7. The van der Waals surface area contributed by atoms with Gasteiger partial charge in [0.25, 0.3) is 0 Å². The van der Waals surface area contributed by atoms with Gasteiger partial charge in [-0.3, -0.25) is 0 Å². The molecule has 1 aromatic rings. The van der Waals surface area contributed by atoms with Gasteiger partial charge in [-0.05, 0) is 364 Å². The third kappa shape index (κ3) is 36.9. The summed E-state index contributed by atoms with van der Waals surface area (Å²) in [5.74, 6) is 14.7. The van der Waals surface area contributed by atoms with Gasteiger partial charge in [0.15, 0.2) is 0 Å². The lowest BCUT2D eigenvalue weighted by molar-refractivity contribution is -0.201. The van der Waals surface area contributed by atoms with Gasteiger partial charge >= 0.3 is 0 Å². The molecule has 143 heavy (non-hydrogen) atoms. The van der Waals surface area contributed by atoms with E-state index >= 15 is 0 Å². The Hall–Kier alpha value is -2.40. The van der Waals surface area contributed by atoms with Crippen molar-refractivity contribution in [2.75, 3.05) is 112 Å². The molecule has 14 aliphatic carbocycles. The number of unbranched alkanes of at least 4 members (excludes halogenated alkanes) is 6. The molecule has 0 spiro atoms. The van der Waals surface area contributed by atoms with E-state index < -0.39 is 0 Å². The SMILES string of the molecule is C1CCC(OCC2CCC3OC3C2)CC1.CC(C)COCC1CCC2OC2C1.CC(C)OCC1CCC2OC2C1.CC1(C)COC1C1CCC2CCCC2C1.CC1(C)COC1COCCC1CCC2C=CCC2C1.CC1(COC2CCC3C=CCC3C2)COC1.CCC1(COC2CCC3C=CCC3C2)COC1.CCCCCCCCCc1ccc(OCC2CCC3OC3C2)cc1.CCCOCC1CCC2OC2C1. The Labute approximate surface area is 871 Å².